The highest BCUT2D eigenvalue weighted by molar-refractivity contribution is 14.0. The van der Waals surface area contributed by atoms with E-state index in [0.29, 0.717) is 6.54 Å². The minimum atomic E-state index is -0.0821. The van der Waals surface area contributed by atoms with Gasteiger partial charge >= 0.3 is 0 Å². The number of hydrogen-bond donors (Lipinski definition) is 3. The lowest BCUT2D eigenvalue weighted by Crippen LogP contribution is -2.52. The van der Waals surface area contributed by atoms with Crippen molar-refractivity contribution in [3.8, 4) is 0 Å². The maximum Gasteiger partial charge on any atom is 0.191 e. The molecule has 0 bridgehead atoms. The van der Waals surface area contributed by atoms with Gasteiger partial charge in [-0.1, -0.05) is 30.3 Å². The Balaban J connectivity index is 0.00000364. The monoisotopic (exact) mass is 501 g/mol. The summed E-state index contributed by atoms with van der Waals surface area (Å²) in [5.41, 5.74) is 2.31. The molecule has 0 amide bonds. The number of hydrogen-bond acceptors (Lipinski definition) is 4. The zero-order chi connectivity index (χ0) is 19.2. The fourth-order valence-corrected chi connectivity index (χ4v) is 3.64. The molecule has 1 heterocycles. The maximum atomic E-state index is 4.56. The van der Waals surface area contributed by atoms with Gasteiger partial charge in [-0.25, -0.2) is 4.98 Å². The Labute approximate surface area is 184 Å². The second-order valence-corrected chi connectivity index (χ2v) is 8.48. The average Bonchev–Trinajstić information content (AvgIpc) is 2.93. The summed E-state index contributed by atoms with van der Waals surface area (Å²) in [7, 11) is 1.79. The Hall–Kier alpha value is -1.19. The predicted octanol–water partition coefficient (Wildman–Crippen LogP) is 4.17. The summed E-state index contributed by atoms with van der Waals surface area (Å²) in [5, 5.41) is 11.5. The van der Waals surface area contributed by atoms with E-state index in [1.54, 1.807) is 18.4 Å². The van der Waals surface area contributed by atoms with Crippen molar-refractivity contribution in [2.75, 3.05) is 13.6 Å². The van der Waals surface area contributed by atoms with Crippen LogP contribution >= 0.6 is 35.3 Å². The van der Waals surface area contributed by atoms with E-state index >= 15 is 0 Å². The lowest BCUT2D eigenvalue weighted by Gasteiger charge is -2.31. The summed E-state index contributed by atoms with van der Waals surface area (Å²) in [6.07, 6.45) is 0. The Bertz CT molecular complexity index is 708. The van der Waals surface area contributed by atoms with Crippen LogP contribution in [-0.2, 0) is 6.54 Å². The highest BCUT2D eigenvalue weighted by Gasteiger charge is 2.21. The molecule has 1 unspecified atom stereocenters. The molecule has 1 aromatic carbocycles. The summed E-state index contributed by atoms with van der Waals surface area (Å²) < 4.78 is 0. The standard InChI is InChI=1S/C20H31N5S.HI/c1-14-16(3)26-18(24-14)12-22-19(21-6)23-13-20(4,5)25-15(2)17-10-8-7-9-11-17;/h7-11,15,25H,12-13H2,1-6H3,(H2,21,22,23);1H. The molecule has 150 valence electrons. The van der Waals surface area contributed by atoms with Gasteiger partial charge in [0.05, 0.1) is 12.2 Å². The number of rotatable bonds is 7. The maximum absolute atomic E-state index is 4.56. The quantitative estimate of drug-likeness (QED) is 0.303. The topological polar surface area (TPSA) is 61.3 Å². The summed E-state index contributed by atoms with van der Waals surface area (Å²) in [6, 6.07) is 10.8. The van der Waals surface area contributed by atoms with Crippen molar-refractivity contribution in [2.45, 2.75) is 52.7 Å². The molecular weight excluding hydrogens is 469 g/mol. The first-order valence-corrected chi connectivity index (χ1v) is 9.82. The van der Waals surface area contributed by atoms with E-state index < -0.39 is 0 Å². The number of aryl methyl sites for hydroxylation is 2. The molecule has 1 atom stereocenters. The SMILES string of the molecule is CN=C(NCc1nc(C)c(C)s1)NCC(C)(C)NC(C)c1ccccc1.I. The van der Waals surface area contributed by atoms with Gasteiger partial charge in [-0.05, 0) is 40.2 Å². The Kier molecular flexibility index (Phi) is 9.69. The first-order valence-electron chi connectivity index (χ1n) is 9.01. The number of benzene rings is 1. The van der Waals surface area contributed by atoms with Gasteiger partial charge in [0.15, 0.2) is 5.96 Å². The van der Waals surface area contributed by atoms with Crippen molar-refractivity contribution < 1.29 is 0 Å². The van der Waals surface area contributed by atoms with Crippen LogP contribution in [0, 0.1) is 13.8 Å². The van der Waals surface area contributed by atoms with Crippen LogP contribution in [0.15, 0.2) is 35.3 Å². The van der Waals surface area contributed by atoms with Gasteiger partial charge < -0.3 is 16.0 Å². The van der Waals surface area contributed by atoms with E-state index in [9.17, 15) is 0 Å². The molecule has 0 aliphatic rings. The summed E-state index contributed by atoms with van der Waals surface area (Å²) >= 11 is 1.73. The van der Waals surface area contributed by atoms with Crippen LogP contribution in [0.5, 0.6) is 0 Å². The van der Waals surface area contributed by atoms with Crippen molar-refractivity contribution >= 4 is 41.3 Å². The van der Waals surface area contributed by atoms with E-state index in [0.717, 1.165) is 23.2 Å². The van der Waals surface area contributed by atoms with Crippen LogP contribution in [-0.4, -0.2) is 30.1 Å². The van der Waals surface area contributed by atoms with Gasteiger partial charge in [0.1, 0.15) is 5.01 Å². The average molecular weight is 501 g/mol. The van der Waals surface area contributed by atoms with Gasteiger partial charge in [-0.2, -0.15) is 0 Å². The van der Waals surface area contributed by atoms with Crippen molar-refractivity contribution in [1.82, 2.24) is 20.9 Å². The molecule has 7 heteroatoms. The number of aliphatic imine (C=N–C) groups is 1. The van der Waals surface area contributed by atoms with Gasteiger partial charge in [0, 0.05) is 30.1 Å². The summed E-state index contributed by atoms with van der Waals surface area (Å²) in [4.78, 5) is 10.1. The van der Waals surface area contributed by atoms with Crippen LogP contribution in [0.3, 0.4) is 0 Å². The molecule has 2 rings (SSSR count). The molecule has 5 nitrogen and oxygen atoms in total. The minimum absolute atomic E-state index is 0. The summed E-state index contributed by atoms with van der Waals surface area (Å²) in [5.74, 6) is 0.790. The minimum Gasteiger partial charge on any atom is -0.355 e. The van der Waals surface area contributed by atoms with Crippen molar-refractivity contribution in [3.05, 3.63) is 51.5 Å². The zero-order valence-corrected chi connectivity index (χ0v) is 20.2. The Morgan fingerprint density at radius 1 is 1.19 bits per heavy atom. The molecular formula is C20H32IN5S. The molecule has 0 fully saturated rings. The first kappa shape index (κ1) is 23.8. The highest BCUT2D eigenvalue weighted by atomic mass is 127. The number of nitrogens with one attached hydrogen (secondary N) is 3. The Morgan fingerprint density at radius 3 is 2.41 bits per heavy atom. The third-order valence-corrected chi connectivity index (χ3v) is 5.38. The fourth-order valence-electron chi connectivity index (χ4n) is 2.76. The van der Waals surface area contributed by atoms with E-state index in [2.05, 4.69) is 77.9 Å². The number of thiazole rings is 1. The molecule has 0 saturated heterocycles. The third-order valence-electron chi connectivity index (χ3n) is 4.31. The molecule has 3 N–H and O–H groups in total. The normalized spacial score (nSPS) is 13.0. The van der Waals surface area contributed by atoms with Crippen molar-refractivity contribution in [1.29, 1.82) is 0 Å². The van der Waals surface area contributed by atoms with E-state index in [1.807, 2.05) is 13.0 Å². The van der Waals surface area contributed by atoms with Crippen LogP contribution in [0.4, 0.5) is 0 Å². The fraction of sp³-hybridized carbons (Fsp3) is 0.500. The van der Waals surface area contributed by atoms with Crippen LogP contribution in [0.1, 0.15) is 48.0 Å². The number of halogens is 1. The van der Waals surface area contributed by atoms with E-state index in [1.165, 1.54) is 10.4 Å². The first-order chi connectivity index (χ1) is 12.3. The Morgan fingerprint density at radius 2 is 1.85 bits per heavy atom. The van der Waals surface area contributed by atoms with Gasteiger partial charge in [-0.15, -0.1) is 35.3 Å². The second-order valence-electron chi connectivity index (χ2n) is 7.19. The smallest absolute Gasteiger partial charge is 0.191 e. The number of aromatic nitrogens is 1. The predicted molar refractivity (Wildman–Crippen MR) is 127 cm³/mol. The largest absolute Gasteiger partial charge is 0.355 e. The van der Waals surface area contributed by atoms with Gasteiger partial charge in [0.2, 0.25) is 0 Å². The van der Waals surface area contributed by atoms with E-state index in [4.69, 9.17) is 0 Å². The molecule has 0 aliphatic carbocycles. The van der Waals surface area contributed by atoms with E-state index in [-0.39, 0.29) is 35.6 Å². The lowest BCUT2D eigenvalue weighted by molar-refractivity contribution is 0.345. The molecule has 2 aromatic rings. The van der Waals surface area contributed by atoms with Gasteiger partial charge in [-0.3, -0.25) is 4.99 Å². The molecule has 0 spiro atoms. The zero-order valence-electron chi connectivity index (χ0n) is 17.1. The molecule has 27 heavy (non-hydrogen) atoms. The van der Waals surface area contributed by atoms with Crippen LogP contribution in [0.2, 0.25) is 0 Å². The summed E-state index contributed by atoms with van der Waals surface area (Å²) in [6.45, 7) is 12.2. The highest BCUT2D eigenvalue weighted by Crippen LogP contribution is 2.17. The molecule has 0 aliphatic heterocycles. The van der Waals surface area contributed by atoms with Crippen molar-refractivity contribution in [3.63, 3.8) is 0 Å². The van der Waals surface area contributed by atoms with Crippen molar-refractivity contribution in [2.24, 2.45) is 4.99 Å². The van der Waals surface area contributed by atoms with Crippen LogP contribution < -0.4 is 16.0 Å². The molecule has 0 radical (unpaired) electrons. The number of guanidine groups is 1. The molecule has 0 saturated carbocycles. The van der Waals surface area contributed by atoms with Crippen LogP contribution in [0.25, 0.3) is 0 Å². The molecule has 1 aromatic heterocycles. The second kappa shape index (κ2) is 11.0. The number of nitrogens with zero attached hydrogens (tertiary/aromatic N) is 2. The lowest BCUT2D eigenvalue weighted by atomic mass is 10.0. The van der Waals surface area contributed by atoms with Gasteiger partial charge in [0.25, 0.3) is 0 Å². The third kappa shape index (κ3) is 7.75.